The Kier molecular flexibility index (Phi) is 5.24. The van der Waals surface area contributed by atoms with Gasteiger partial charge in [-0.2, -0.15) is 10.1 Å². The van der Waals surface area contributed by atoms with Crippen LogP contribution < -0.4 is 5.32 Å². The van der Waals surface area contributed by atoms with Crippen LogP contribution in [0.5, 0.6) is 0 Å². The second kappa shape index (κ2) is 7.85. The van der Waals surface area contributed by atoms with Crippen molar-refractivity contribution in [2.45, 2.75) is 52.0 Å². The molecule has 0 atom stereocenters. The molecule has 0 saturated heterocycles. The lowest BCUT2D eigenvalue weighted by Crippen LogP contribution is -2.44. The van der Waals surface area contributed by atoms with E-state index in [9.17, 15) is 9.18 Å². The first-order chi connectivity index (χ1) is 14.4. The first-order valence-electron chi connectivity index (χ1n) is 10.0. The minimum absolute atomic E-state index is 0.215. The van der Waals surface area contributed by atoms with Gasteiger partial charge in [0.1, 0.15) is 11.4 Å². The molecule has 0 aliphatic heterocycles. The highest BCUT2D eigenvalue weighted by atomic mass is 19.1. The molecule has 8 heteroatoms. The van der Waals surface area contributed by atoms with E-state index < -0.39 is 5.54 Å². The van der Waals surface area contributed by atoms with Gasteiger partial charge in [0.25, 0.3) is 0 Å². The summed E-state index contributed by atoms with van der Waals surface area (Å²) in [6.07, 6.45) is 6.84. The fourth-order valence-corrected chi connectivity index (χ4v) is 4.04. The van der Waals surface area contributed by atoms with Crippen molar-refractivity contribution >= 4 is 12.0 Å². The monoisotopic (exact) mass is 409 g/mol. The molecule has 1 fully saturated rings. The maximum atomic E-state index is 13.2. The Labute approximate surface area is 174 Å². The molecule has 1 saturated carbocycles. The molecule has 1 N–H and O–H groups in total. The number of aryl methyl sites for hydroxylation is 2. The molecule has 0 spiro atoms. The van der Waals surface area contributed by atoms with Gasteiger partial charge in [0.05, 0.1) is 11.4 Å². The van der Waals surface area contributed by atoms with E-state index in [1.54, 1.807) is 29.8 Å². The van der Waals surface area contributed by atoms with Crippen LogP contribution in [0.15, 0.2) is 34.9 Å². The second-order valence-electron chi connectivity index (χ2n) is 7.72. The number of carbonyl (C=O) groups excluding carboxylic acids is 1. The van der Waals surface area contributed by atoms with E-state index in [1.807, 2.05) is 13.8 Å². The maximum Gasteiger partial charge on any atom is 0.244 e. The van der Waals surface area contributed by atoms with Crippen LogP contribution in [0.2, 0.25) is 0 Å². The first kappa shape index (κ1) is 20.0. The molecule has 3 aromatic rings. The van der Waals surface area contributed by atoms with E-state index in [-0.39, 0.29) is 11.7 Å². The highest BCUT2D eigenvalue weighted by molar-refractivity contribution is 5.92. The predicted molar refractivity (Wildman–Crippen MR) is 109 cm³/mol. The predicted octanol–water partition coefficient (Wildman–Crippen LogP) is 3.92. The van der Waals surface area contributed by atoms with Gasteiger partial charge in [0.2, 0.25) is 11.8 Å². The topological polar surface area (TPSA) is 85.8 Å². The van der Waals surface area contributed by atoms with Crippen LogP contribution in [-0.2, 0) is 10.3 Å². The fourth-order valence-electron chi connectivity index (χ4n) is 4.04. The van der Waals surface area contributed by atoms with Crippen molar-refractivity contribution in [1.82, 2.24) is 25.2 Å². The van der Waals surface area contributed by atoms with E-state index in [0.717, 1.165) is 48.3 Å². The molecule has 1 aromatic carbocycles. The van der Waals surface area contributed by atoms with Gasteiger partial charge in [-0.1, -0.05) is 18.0 Å². The van der Waals surface area contributed by atoms with E-state index in [4.69, 9.17) is 4.52 Å². The third kappa shape index (κ3) is 3.77. The van der Waals surface area contributed by atoms with Gasteiger partial charge >= 0.3 is 0 Å². The Morgan fingerprint density at radius 1 is 1.20 bits per heavy atom. The standard InChI is InChI=1S/C22H24FN5O2/c1-14-19(15(2)28(26-14)18-8-6-17(23)7-9-18)10-11-20(29)25-22(12-4-5-13-22)21-24-16(3)30-27-21/h6-11H,4-5,12-13H2,1-3H3,(H,25,29). The average Bonchev–Trinajstić information content (AvgIpc) is 3.42. The zero-order valence-corrected chi connectivity index (χ0v) is 17.3. The van der Waals surface area contributed by atoms with Crippen molar-refractivity contribution < 1.29 is 13.7 Å². The molecule has 4 rings (SSSR count). The van der Waals surface area contributed by atoms with E-state index in [2.05, 4.69) is 20.6 Å². The first-order valence-corrected chi connectivity index (χ1v) is 10.0. The Morgan fingerprint density at radius 2 is 1.90 bits per heavy atom. The van der Waals surface area contributed by atoms with Crippen LogP contribution in [0.3, 0.4) is 0 Å². The van der Waals surface area contributed by atoms with Crippen LogP contribution in [0.1, 0.15) is 54.3 Å². The van der Waals surface area contributed by atoms with Crippen molar-refractivity contribution in [2.24, 2.45) is 0 Å². The van der Waals surface area contributed by atoms with Crippen LogP contribution in [0.4, 0.5) is 4.39 Å². The van der Waals surface area contributed by atoms with Gasteiger partial charge < -0.3 is 9.84 Å². The molecule has 156 valence electrons. The van der Waals surface area contributed by atoms with Crippen molar-refractivity contribution in [3.05, 3.63) is 64.8 Å². The van der Waals surface area contributed by atoms with Gasteiger partial charge in [0.15, 0.2) is 5.82 Å². The van der Waals surface area contributed by atoms with Crippen molar-refractivity contribution in [2.75, 3.05) is 0 Å². The summed E-state index contributed by atoms with van der Waals surface area (Å²) in [5.41, 5.74) is 2.68. The lowest BCUT2D eigenvalue weighted by atomic mass is 9.96. The molecular weight excluding hydrogens is 385 g/mol. The number of hydrogen-bond donors (Lipinski definition) is 1. The highest BCUT2D eigenvalue weighted by Crippen LogP contribution is 2.37. The van der Waals surface area contributed by atoms with Crippen LogP contribution in [0.25, 0.3) is 11.8 Å². The van der Waals surface area contributed by atoms with Crippen LogP contribution in [0, 0.1) is 26.6 Å². The van der Waals surface area contributed by atoms with Gasteiger partial charge in [-0.05, 0) is 57.0 Å². The third-order valence-corrected chi connectivity index (χ3v) is 5.60. The minimum atomic E-state index is -0.582. The number of hydrogen-bond acceptors (Lipinski definition) is 5. The van der Waals surface area contributed by atoms with Crippen molar-refractivity contribution in [1.29, 1.82) is 0 Å². The van der Waals surface area contributed by atoms with Crippen LogP contribution >= 0.6 is 0 Å². The number of aromatic nitrogens is 4. The molecule has 2 heterocycles. The Hall–Kier alpha value is -3.29. The van der Waals surface area contributed by atoms with Gasteiger partial charge in [0, 0.05) is 24.3 Å². The number of carbonyl (C=O) groups is 1. The molecular formula is C22H24FN5O2. The summed E-state index contributed by atoms with van der Waals surface area (Å²) >= 11 is 0. The Morgan fingerprint density at radius 3 is 2.53 bits per heavy atom. The average molecular weight is 409 g/mol. The third-order valence-electron chi connectivity index (χ3n) is 5.60. The summed E-state index contributed by atoms with van der Waals surface area (Å²) in [5, 5.41) is 11.7. The number of rotatable bonds is 5. The van der Waals surface area contributed by atoms with E-state index >= 15 is 0 Å². The number of halogens is 1. The van der Waals surface area contributed by atoms with Crippen molar-refractivity contribution in [3.8, 4) is 5.69 Å². The molecule has 0 bridgehead atoms. The minimum Gasteiger partial charge on any atom is -0.340 e. The summed E-state index contributed by atoms with van der Waals surface area (Å²) < 4.78 is 20.1. The summed E-state index contributed by atoms with van der Waals surface area (Å²) in [5.74, 6) is 0.513. The number of nitrogens with one attached hydrogen (secondary N) is 1. The van der Waals surface area contributed by atoms with E-state index in [0.29, 0.717) is 11.7 Å². The summed E-state index contributed by atoms with van der Waals surface area (Å²) in [6, 6.07) is 6.14. The van der Waals surface area contributed by atoms with E-state index in [1.165, 1.54) is 18.2 Å². The van der Waals surface area contributed by atoms with Gasteiger partial charge in [-0.3, -0.25) is 4.79 Å². The lowest BCUT2D eigenvalue weighted by molar-refractivity contribution is -0.118. The molecule has 30 heavy (non-hydrogen) atoms. The quantitative estimate of drug-likeness (QED) is 0.646. The SMILES string of the molecule is Cc1nc(C2(NC(=O)C=Cc3c(C)nn(-c4ccc(F)cc4)c3C)CCCC2)no1. The molecule has 1 aliphatic rings. The molecule has 2 aromatic heterocycles. The Bertz CT molecular complexity index is 1090. The summed E-state index contributed by atoms with van der Waals surface area (Å²) in [6.45, 7) is 5.54. The fraction of sp³-hybridized carbons (Fsp3) is 0.364. The maximum absolute atomic E-state index is 13.2. The number of benzene rings is 1. The number of amides is 1. The number of nitrogens with zero attached hydrogens (tertiary/aromatic N) is 4. The molecule has 1 amide bonds. The second-order valence-corrected chi connectivity index (χ2v) is 7.72. The molecule has 7 nitrogen and oxygen atoms in total. The Balaban J connectivity index is 1.55. The molecule has 0 radical (unpaired) electrons. The zero-order chi connectivity index (χ0) is 21.3. The summed E-state index contributed by atoms with van der Waals surface area (Å²) in [4.78, 5) is 17.1. The van der Waals surface area contributed by atoms with Gasteiger partial charge in [-0.15, -0.1) is 0 Å². The molecule has 1 aliphatic carbocycles. The zero-order valence-electron chi connectivity index (χ0n) is 17.3. The van der Waals surface area contributed by atoms with Crippen LogP contribution in [-0.4, -0.2) is 25.8 Å². The van der Waals surface area contributed by atoms with Gasteiger partial charge in [-0.25, -0.2) is 9.07 Å². The smallest absolute Gasteiger partial charge is 0.244 e. The normalized spacial score (nSPS) is 15.7. The highest BCUT2D eigenvalue weighted by Gasteiger charge is 2.40. The molecule has 0 unspecified atom stereocenters. The largest absolute Gasteiger partial charge is 0.340 e. The lowest BCUT2D eigenvalue weighted by Gasteiger charge is -2.25. The van der Waals surface area contributed by atoms with Crippen molar-refractivity contribution in [3.63, 3.8) is 0 Å². The summed E-state index contributed by atoms with van der Waals surface area (Å²) in [7, 11) is 0.